The molecule has 0 aromatic heterocycles. The van der Waals surface area contributed by atoms with Gasteiger partial charge < -0.3 is 18.9 Å². The third kappa shape index (κ3) is 5.14. The molecule has 0 spiro atoms. The summed E-state index contributed by atoms with van der Waals surface area (Å²) in [6.07, 6.45) is 5.82. The number of rotatable bonds is 7. The van der Waals surface area contributed by atoms with E-state index in [-0.39, 0.29) is 46.6 Å². The molecule has 0 unspecified atom stereocenters. The fourth-order valence-electron chi connectivity index (χ4n) is 8.91. The monoisotopic (exact) mass is 522 g/mol. The van der Waals surface area contributed by atoms with Crippen molar-refractivity contribution in [3.8, 4) is 0 Å². The van der Waals surface area contributed by atoms with E-state index in [0.29, 0.717) is 24.7 Å². The van der Waals surface area contributed by atoms with Crippen LogP contribution in [-0.2, 0) is 38.1 Å². The molecule has 0 radical (unpaired) electrons. The molecule has 0 aromatic rings. The van der Waals surface area contributed by atoms with Crippen LogP contribution in [0.3, 0.4) is 0 Å². The van der Waals surface area contributed by atoms with E-state index in [9.17, 15) is 19.2 Å². The first-order valence-electron chi connectivity index (χ1n) is 13.7. The van der Waals surface area contributed by atoms with Crippen molar-refractivity contribution in [2.75, 3.05) is 13.9 Å². The van der Waals surface area contributed by atoms with Gasteiger partial charge in [-0.15, -0.1) is 0 Å². The van der Waals surface area contributed by atoms with Crippen molar-refractivity contribution < 1.29 is 38.1 Å². The van der Waals surface area contributed by atoms with Crippen molar-refractivity contribution in [3.63, 3.8) is 0 Å². The number of hydrogen-bond acceptors (Lipinski definition) is 8. The maximum Gasteiger partial charge on any atom is 0.309 e. The Morgan fingerprint density at radius 1 is 0.811 bits per heavy atom. The molecule has 3 aliphatic carbocycles. The van der Waals surface area contributed by atoms with Crippen LogP contribution in [0.5, 0.6) is 0 Å². The average Bonchev–Trinajstić information content (AvgIpc) is 2.80. The lowest BCUT2D eigenvalue weighted by Gasteiger charge is -2.70. The second-order valence-electron chi connectivity index (χ2n) is 12.9. The van der Waals surface area contributed by atoms with Gasteiger partial charge in [0.05, 0.1) is 13.0 Å². The van der Waals surface area contributed by atoms with Gasteiger partial charge in [0.2, 0.25) is 6.79 Å². The van der Waals surface area contributed by atoms with Crippen LogP contribution in [0.4, 0.5) is 0 Å². The summed E-state index contributed by atoms with van der Waals surface area (Å²) in [6.45, 7) is 13.7. The molecule has 37 heavy (non-hydrogen) atoms. The number of esters is 4. The van der Waals surface area contributed by atoms with Crippen LogP contribution in [0, 0.1) is 39.4 Å². The average molecular weight is 523 g/mol. The zero-order valence-electron chi connectivity index (χ0n) is 23.9. The number of methoxy groups -OCH3 is 1. The van der Waals surface area contributed by atoms with Gasteiger partial charge in [0.1, 0.15) is 6.10 Å². The van der Waals surface area contributed by atoms with Crippen molar-refractivity contribution in [2.24, 2.45) is 39.4 Å². The Labute approximate surface area is 221 Å². The van der Waals surface area contributed by atoms with Crippen LogP contribution in [0.1, 0.15) is 99.8 Å². The molecule has 8 nitrogen and oxygen atoms in total. The second kappa shape index (κ2) is 10.6. The summed E-state index contributed by atoms with van der Waals surface area (Å²) in [4.78, 5) is 48.4. The zero-order valence-corrected chi connectivity index (χ0v) is 23.9. The minimum absolute atomic E-state index is 0.0192. The first kappa shape index (κ1) is 29.4. The summed E-state index contributed by atoms with van der Waals surface area (Å²) < 4.78 is 20.9. The summed E-state index contributed by atoms with van der Waals surface area (Å²) in [6, 6.07) is 0. The zero-order chi connectivity index (χ0) is 27.8. The number of carbonyl (C=O) groups is 4. The van der Waals surface area contributed by atoms with Crippen molar-refractivity contribution in [3.05, 3.63) is 0 Å². The molecule has 0 N–H and O–H groups in total. The van der Waals surface area contributed by atoms with Crippen LogP contribution in [0.25, 0.3) is 0 Å². The summed E-state index contributed by atoms with van der Waals surface area (Å²) in [7, 11) is 1.43. The minimum atomic E-state index is -0.510. The highest BCUT2D eigenvalue weighted by molar-refractivity contribution is 5.74. The number of carbonyl (C=O) groups excluding carboxylic acids is 4. The third-order valence-corrected chi connectivity index (χ3v) is 10.9. The van der Waals surface area contributed by atoms with E-state index >= 15 is 0 Å². The lowest BCUT2D eigenvalue weighted by Crippen LogP contribution is -2.65. The summed E-state index contributed by atoms with van der Waals surface area (Å²) >= 11 is 0. The number of hydrogen-bond donors (Lipinski definition) is 0. The first-order valence-corrected chi connectivity index (χ1v) is 13.7. The SMILES string of the molecule is COC(=O)[C@H]1CC[C@@H]2[C@@]3(C)CC[C@H](OC(C)=O)C(C)(C)[C@@H]3CC[C@@]2(C)[C@]1(C)CCC(=O)OCOC(C)=O. The molecule has 8 heteroatoms. The minimum Gasteiger partial charge on any atom is -0.469 e. The fourth-order valence-corrected chi connectivity index (χ4v) is 8.91. The Hall–Kier alpha value is -2.12. The van der Waals surface area contributed by atoms with Gasteiger partial charge in [-0.2, -0.15) is 0 Å². The standard InChI is InChI=1S/C29H46O8/c1-18(30)35-17-36-24(32)13-16-28(6)20(25(33)34-8)9-10-22-27(5)14-12-23(37-19(2)31)26(3,4)21(27)11-15-29(22,28)7/h20-23H,9-17H2,1-8H3/t20-,21+,22-,23+,27+,28-,29-/m1/s1. The maximum absolute atomic E-state index is 13.1. The van der Waals surface area contributed by atoms with Crippen molar-refractivity contribution in [1.29, 1.82) is 0 Å². The Balaban J connectivity index is 1.91. The largest absolute Gasteiger partial charge is 0.469 e. The van der Waals surface area contributed by atoms with Crippen molar-refractivity contribution >= 4 is 23.9 Å². The van der Waals surface area contributed by atoms with Crippen molar-refractivity contribution in [2.45, 2.75) is 106 Å². The highest BCUT2D eigenvalue weighted by Crippen LogP contribution is 2.73. The number of ether oxygens (including phenoxy) is 4. The number of fused-ring (bicyclic) bond motifs is 3. The molecule has 210 valence electrons. The van der Waals surface area contributed by atoms with Gasteiger partial charge in [-0.05, 0) is 73.0 Å². The van der Waals surface area contributed by atoms with E-state index in [4.69, 9.17) is 18.9 Å². The van der Waals surface area contributed by atoms with Gasteiger partial charge in [-0.3, -0.25) is 19.2 Å². The summed E-state index contributed by atoms with van der Waals surface area (Å²) in [5.74, 6) is -0.992. The molecule has 3 rings (SSSR count). The van der Waals surface area contributed by atoms with E-state index in [1.165, 1.54) is 21.0 Å². The second-order valence-corrected chi connectivity index (χ2v) is 12.9. The highest BCUT2D eigenvalue weighted by Gasteiger charge is 2.68. The maximum atomic E-state index is 13.1. The quantitative estimate of drug-likeness (QED) is 0.255. The van der Waals surface area contributed by atoms with Gasteiger partial charge in [0.15, 0.2) is 0 Å². The van der Waals surface area contributed by atoms with Gasteiger partial charge in [-0.25, -0.2) is 0 Å². The normalized spacial score (nSPS) is 38.4. The molecular formula is C29H46O8. The van der Waals surface area contributed by atoms with E-state index in [0.717, 1.165) is 32.1 Å². The molecule has 0 amide bonds. The molecule has 3 fully saturated rings. The van der Waals surface area contributed by atoms with Crippen LogP contribution >= 0.6 is 0 Å². The fraction of sp³-hybridized carbons (Fsp3) is 0.862. The van der Waals surface area contributed by atoms with Crippen LogP contribution in [0.15, 0.2) is 0 Å². The molecule has 0 bridgehead atoms. The Bertz CT molecular complexity index is 912. The smallest absolute Gasteiger partial charge is 0.309 e. The first-order chi connectivity index (χ1) is 17.1. The molecule has 3 saturated carbocycles. The predicted octanol–water partition coefficient (Wildman–Crippen LogP) is 5.21. The van der Waals surface area contributed by atoms with E-state index in [1.807, 2.05) is 0 Å². The summed E-state index contributed by atoms with van der Waals surface area (Å²) in [5.41, 5.74) is -0.814. The van der Waals surface area contributed by atoms with E-state index in [1.54, 1.807) is 0 Å². The van der Waals surface area contributed by atoms with Gasteiger partial charge in [0.25, 0.3) is 0 Å². The molecule has 0 heterocycles. The van der Waals surface area contributed by atoms with Crippen LogP contribution in [0.2, 0.25) is 0 Å². The van der Waals surface area contributed by atoms with Crippen LogP contribution < -0.4 is 0 Å². The summed E-state index contributed by atoms with van der Waals surface area (Å²) in [5, 5.41) is 0. The lowest BCUT2D eigenvalue weighted by atomic mass is 9.35. The highest BCUT2D eigenvalue weighted by atomic mass is 16.7. The molecule has 7 atom stereocenters. The van der Waals surface area contributed by atoms with E-state index < -0.39 is 24.1 Å². The lowest BCUT2D eigenvalue weighted by molar-refractivity contribution is -0.233. The van der Waals surface area contributed by atoms with Gasteiger partial charge >= 0.3 is 23.9 Å². The van der Waals surface area contributed by atoms with Gasteiger partial charge in [0, 0.05) is 25.7 Å². The molecule has 0 aromatic carbocycles. The topological polar surface area (TPSA) is 105 Å². The molecule has 0 saturated heterocycles. The molecular weight excluding hydrogens is 476 g/mol. The molecule has 3 aliphatic rings. The van der Waals surface area contributed by atoms with Gasteiger partial charge in [-0.1, -0.05) is 34.6 Å². The van der Waals surface area contributed by atoms with E-state index in [2.05, 4.69) is 34.6 Å². The third-order valence-electron chi connectivity index (χ3n) is 10.9. The molecule has 0 aliphatic heterocycles. The van der Waals surface area contributed by atoms with Crippen LogP contribution in [-0.4, -0.2) is 43.9 Å². The Morgan fingerprint density at radius 2 is 1.49 bits per heavy atom. The Kier molecular flexibility index (Phi) is 8.41. The Morgan fingerprint density at radius 3 is 2.08 bits per heavy atom. The predicted molar refractivity (Wildman–Crippen MR) is 136 cm³/mol. The van der Waals surface area contributed by atoms with Crippen molar-refractivity contribution in [1.82, 2.24) is 0 Å².